The van der Waals surface area contributed by atoms with Crippen LogP contribution in [0.4, 0.5) is 0 Å². The van der Waals surface area contributed by atoms with E-state index in [9.17, 15) is 34.2 Å². The van der Waals surface area contributed by atoms with Crippen LogP contribution in [0, 0.1) is 17.8 Å². The SMILES string of the molecule is CC[C@H]1OC(=O)[C@H](C)[C@@H](O)[C@H](C)[C@@H](O[C@@H]2O[C@H](C)CC(N(C)C)[C@H]2OC(=O)CCC(=O)O)/C(C)=C/[C@@H](C)CN(C)[C@H](C)[C@@H](OC(=O)CCC(=O)O)[C@]1(C)O. The summed E-state index contributed by atoms with van der Waals surface area (Å²) in [5, 5.41) is 42.0. The summed E-state index contributed by atoms with van der Waals surface area (Å²) in [6.07, 6.45) is -6.14. The van der Waals surface area contributed by atoms with Crippen LogP contribution in [0.5, 0.6) is 0 Å². The first-order valence-electron chi connectivity index (χ1n) is 18.8. The summed E-state index contributed by atoms with van der Waals surface area (Å²) in [7, 11) is 5.44. The molecule has 4 N–H and O–H groups in total. The van der Waals surface area contributed by atoms with E-state index in [1.54, 1.807) is 27.8 Å². The Labute approximate surface area is 319 Å². The molecule has 16 heteroatoms. The molecule has 0 aromatic carbocycles. The predicted molar refractivity (Wildman–Crippen MR) is 195 cm³/mol. The Balaban J connectivity index is 2.62. The second-order valence-electron chi connectivity index (χ2n) is 15.6. The number of hydrogen-bond donors (Lipinski definition) is 4. The number of aliphatic hydroxyl groups is 2. The van der Waals surface area contributed by atoms with Gasteiger partial charge in [0.2, 0.25) is 0 Å². The van der Waals surface area contributed by atoms with Crippen LogP contribution in [0.2, 0.25) is 0 Å². The number of nitrogens with zero attached hydrogens (tertiary/aromatic N) is 2. The van der Waals surface area contributed by atoms with Crippen LogP contribution in [0.1, 0.15) is 93.9 Å². The standard InChI is InChI=1S/C38H64N2O14/c1-12-27-38(8,49)35(53-31(46)16-14-29(43)44)25(7)40(11)19-20(2)17-21(3)33(23(5)32(47)24(6)36(48)51-27)54-37-34(52-30(45)15-13-28(41)42)26(39(9)10)18-22(4)50-37/h17,20,22-27,32-35,37,47,49H,12-16,18-19H2,1-11H3,(H,41,42)(H,43,44)/b21-17+/t20-,22-,23+,24-,25-,26?,27-,32+,33+,34-,35-,37+,38-/m1/s1. The number of rotatable bonds is 12. The molecule has 0 amide bonds. The molecule has 13 atom stereocenters. The molecule has 1 saturated heterocycles. The van der Waals surface area contributed by atoms with Crippen molar-refractivity contribution >= 4 is 29.8 Å². The Bertz CT molecular complexity index is 1320. The molecule has 2 heterocycles. The summed E-state index contributed by atoms with van der Waals surface area (Å²) in [5.41, 5.74) is -1.25. The first-order valence-corrected chi connectivity index (χ1v) is 18.8. The lowest BCUT2D eigenvalue weighted by Crippen LogP contribution is -2.60. The number of aliphatic carboxylic acids is 2. The van der Waals surface area contributed by atoms with Crippen LogP contribution >= 0.6 is 0 Å². The summed E-state index contributed by atoms with van der Waals surface area (Å²) in [4.78, 5) is 65.5. The highest BCUT2D eigenvalue weighted by atomic mass is 16.7. The van der Waals surface area contributed by atoms with Crippen molar-refractivity contribution in [3.63, 3.8) is 0 Å². The van der Waals surface area contributed by atoms with Crippen molar-refractivity contribution in [3.05, 3.63) is 11.6 Å². The molecular weight excluding hydrogens is 708 g/mol. The summed E-state index contributed by atoms with van der Waals surface area (Å²) in [5.74, 6) is -6.77. The predicted octanol–water partition coefficient (Wildman–Crippen LogP) is 2.61. The Morgan fingerprint density at radius 1 is 0.981 bits per heavy atom. The fourth-order valence-electron chi connectivity index (χ4n) is 7.36. The lowest BCUT2D eigenvalue weighted by atomic mass is 9.85. The van der Waals surface area contributed by atoms with Gasteiger partial charge in [-0.15, -0.1) is 0 Å². The first-order chi connectivity index (χ1) is 25.0. The van der Waals surface area contributed by atoms with E-state index in [2.05, 4.69) is 0 Å². The molecule has 2 rings (SSSR count). The number of cyclic esters (lactones) is 1. The molecule has 1 unspecified atom stereocenters. The number of hydrogen-bond acceptors (Lipinski definition) is 14. The number of esters is 3. The van der Waals surface area contributed by atoms with Crippen molar-refractivity contribution in [2.75, 3.05) is 27.7 Å². The monoisotopic (exact) mass is 772 g/mol. The van der Waals surface area contributed by atoms with E-state index in [-0.39, 0.29) is 30.9 Å². The maximum atomic E-state index is 13.7. The Morgan fingerprint density at radius 2 is 1.54 bits per heavy atom. The van der Waals surface area contributed by atoms with Crippen LogP contribution in [0.3, 0.4) is 0 Å². The van der Waals surface area contributed by atoms with Crippen molar-refractivity contribution in [1.29, 1.82) is 0 Å². The van der Waals surface area contributed by atoms with E-state index >= 15 is 0 Å². The van der Waals surface area contributed by atoms with Gasteiger partial charge in [-0.3, -0.25) is 28.9 Å². The smallest absolute Gasteiger partial charge is 0.311 e. The highest BCUT2D eigenvalue weighted by molar-refractivity contribution is 5.77. The Morgan fingerprint density at radius 3 is 2.06 bits per heavy atom. The molecule has 16 nitrogen and oxygen atoms in total. The number of ether oxygens (including phenoxy) is 5. The van der Waals surface area contributed by atoms with Gasteiger partial charge in [0.25, 0.3) is 0 Å². The summed E-state index contributed by atoms with van der Waals surface area (Å²) < 4.78 is 30.4. The molecule has 0 bridgehead atoms. The van der Waals surface area contributed by atoms with Gasteiger partial charge in [0, 0.05) is 18.5 Å². The number of carboxylic acid groups (broad SMARTS) is 2. The number of aliphatic hydroxyl groups excluding tert-OH is 1. The van der Waals surface area contributed by atoms with Gasteiger partial charge >= 0.3 is 29.8 Å². The highest BCUT2D eigenvalue weighted by Gasteiger charge is 2.49. The molecule has 0 radical (unpaired) electrons. The second-order valence-corrected chi connectivity index (χ2v) is 15.6. The van der Waals surface area contributed by atoms with Gasteiger partial charge < -0.3 is 49.0 Å². The van der Waals surface area contributed by atoms with Crippen LogP contribution in [0.25, 0.3) is 0 Å². The molecule has 0 saturated carbocycles. The van der Waals surface area contributed by atoms with Crippen LogP contribution in [-0.2, 0) is 47.7 Å². The van der Waals surface area contributed by atoms with Crippen LogP contribution < -0.4 is 0 Å². The maximum absolute atomic E-state index is 13.7. The lowest BCUT2D eigenvalue weighted by molar-refractivity contribution is -0.276. The largest absolute Gasteiger partial charge is 0.481 e. The van der Waals surface area contributed by atoms with Crippen LogP contribution in [-0.4, -0.2) is 148 Å². The average Bonchev–Trinajstić information content (AvgIpc) is 3.08. The van der Waals surface area contributed by atoms with Crippen molar-refractivity contribution in [2.24, 2.45) is 17.8 Å². The van der Waals surface area contributed by atoms with E-state index in [4.69, 9.17) is 33.9 Å². The molecule has 310 valence electrons. The van der Waals surface area contributed by atoms with E-state index < -0.39 is 109 Å². The third-order valence-electron chi connectivity index (χ3n) is 10.6. The van der Waals surface area contributed by atoms with Gasteiger partial charge in [0.15, 0.2) is 12.4 Å². The van der Waals surface area contributed by atoms with Crippen molar-refractivity contribution < 1.29 is 68.1 Å². The minimum absolute atomic E-state index is 0.121. The van der Waals surface area contributed by atoms with Gasteiger partial charge in [-0.25, -0.2) is 0 Å². The van der Waals surface area contributed by atoms with Gasteiger partial charge in [-0.1, -0.05) is 26.8 Å². The molecular formula is C38H64N2O14. The third kappa shape index (κ3) is 13.0. The summed E-state index contributed by atoms with van der Waals surface area (Å²) >= 11 is 0. The topological polar surface area (TPSA) is 219 Å². The minimum Gasteiger partial charge on any atom is -0.481 e. The summed E-state index contributed by atoms with van der Waals surface area (Å²) in [6.45, 7) is 14.1. The molecule has 2 aliphatic rings. The minimum atomic E-state index is -1.93. The third-order valence-corrected chi connectivity index (χ3v) is 10.6. The molecule has 54 heavy (non-hydrogen) atoms. The highest BCUT2D eigenvalue weighted by Crippen LogP contribution is 2.35. The zero-order valence-electron chi connectivity index (χ0n) is 33.7. The number of carbonyl (C=O) groups excluding carboxylic acids is 3. The fourth-order valence-corrected chi connectivity index (χ4v) is 7.36. The quantitative estimate of drug-likeness (QED) is 0.127. The number of carboxylic acids is 2. The fraction of sp³-hybridized carbons (Fsp3) is 0.816. The van der Waals surface area contributed by atoms with Gasteiger partial charge in [-0.2, -0.15) is 0 Å². The van der Waals surface area contributed by atoms with Crippen molar-refractivity contribution in [3.8, 4) is 0 Å². The van der Waals surface area contributed by atoms with Gasteiger partial charge in [0.1, 0.15) is 17.8 Å². The van der Waals surface area contributed by atoms with Crippen molar-refractivity contribution in [1.82, 2.24) is 9.80 Å². The lowest BCUT2D eigenvalue weighted by Gasteiger charge is -2.45. The van der Waals surface area contributed by atoms with Gasteiger partial charge in [0.05, 0.1) is 56.0 Å². The van der Waals surface area contributed by atoms with E-state index in [1.165, 1.54) is 13.8 Å². The molecule has 0 spiro atoms. The summed E-state index contributed by atoms with van der Waals surface area (Å²) in [6, 6.07) is -0.999. The molecule has 2 aliphatic heterocycles. The molecule has 1 fully saturated rings. The van der Waals surface area contributed by atoms with Crippen LogP contribution in [0.15, 0.2) is 11.6 Å². The average molecular weight is 773 g/mol. The second kappa shape index (κ2) is 20.7. The number of likely N-dealkylation sites (N-methyl/N-ethyl adjacent to an activating group) is 2. The normalized spacial score (nSPS) is 37.2. The van der Waals surface area contributed by atoms with Crippen molar-refractivity contribution in [2.45, 2.75) is 155 Å². The molecule has 0 aromatic heterocycles. The van der Waals surface area contributed by atoms with E-state index in [0.29, 0.717) is 18.5 Å². The maximum Gasteiger partial charge on any atom is 0.311 e. The van der Waals surface area contributed by atoms with E-state index in [1.807, 2.05) is 50.7 Å². The zero-order valence-corrected chi connectivity index (χ0v) is 33.7. The molecule has 0 aliphatic carbocycles. The van der Waals surface area contributed by atoms with Gasteiger partial charge in [-0.05, 0) is 80.1 Å². The first kappa shape index (κ1) is 47.0. The zero-order chi connectivity index (χ0) is 41.2. The number of carbonyl (C=O) groups is 5. The Hall–Kier alpha value is -3.15. The van der Waals surface area contributed by atoms with E-state index in [0.717, 1.165) is 0 Å². The Kier molecular flexibility index (Phi) is 18.0. The molecule has 0 aromatic rings.